The van der Waals surface area contributed by atoms with Gasteiger partial charge in [0.25, 0.3) is 0 Å². The van der Waals surface area contributed by atoms with E-state index in [2.05, 4.69) is 158 Å². The summed E-state index contributed by atoms with van der Waals surface area (Å²) < 4.78 is 2.56. The summed E-state index contributed by atoms with van der Waals surface area (Å²) in [6.45, 7) is 4.74. The minimum absolute atomic E-state index is 0.262. The fourth-order valence-electron chi connectivity index (χ4n) is 7.94. The van der Waals surface area contributed by atoms with Crippen LogP contribution in [0.1, 0.15) is 25.0 Å². The third-order valence-corrected chi connectivity index (χ3v) is 11.2. The SMILES string of the molecule is CC1(C)c2ccccc2N(c2nc(-c3ccccc3)c3c(ccc4ccccc43)n2)c2c1c1ccccc1c1c2sc2ccccc21. The highest BCUT2D eigenvalue weighted by Gasteiger charge is 2.41. The van der Waals surface area contributed by atoms with Gasteiger partial charge >= 0.3 is 0 Å². The lowest BCUT2D eigenvalue weighted by Gasteiger charge is -2.42. The highest BCUT2D eigenvalue weighted by Crippen LogP contribution is 2.58. The smallest absolute Gasteiger partial charge is 0.235 e. The Kier molecular flexibility index (Phi) is 5.50. The molecular formula is C43H29N3S. The average Bonchev–Trinajstić information content (AvgIpc) is 3.51. The van der Waals surface area contributed by atoms with Crippen molar-refractivity contribution in [1.82, 2.24) is 9.97 Å². The number of nitrogens with zero attached hydrogens (tertiary/aromatic N) is 3. The van der Waals surface area contributed by atoms with Crippen molar-refractivity contribution in [2.24, 2.45) is 0 Å². The zero-order valence-electron chi connectivity index (χ0n) is 26.0. The molecule has 0 aliphatic carbocycles. The molecule has 0 atom stereocenters. The molecule has 2 aromatic heterocycles. The zero-order chi connectivity index (χ0) is 31.3. The highest BCUT2D eigenvalue weighted by atomic mass is 32.1. The van der Waals surface area contributed by atoms with Crippen molar-refractivity contribution < 1.29 is 0 Å². The van der Waals surface area contributed by atoms with E-state index >= 15 is 0 Å². The molecule has 9 aromatic rings. The zero-order valence-corrected chi connectivity index (χ0v) is 26.8. The largest absolute Gasteiger partial charge is 0.277 e. The summed E-state index contributed by atoms with van der Waals surface area (Å²) in [6.07, 6.45) is 0. The molecule has 0 saturated carbocycles. The summed E-state index contributed by atoms with van der Waals surface area (Å²) in [6, 6.07) is 50.0. The van der Waals surface area contributed by atoms with Crippen molar-refractivity contribution in [2.45, 2.75) is 19.3 Å². The van der Waals surface area contributed by atoms with Gasteiger partial charge < -0.3 is 0 Å². The van der Waals surface area contributed by atoms with E-state index in [0.717, 1.165) is 33.2 Å². The monoisotopic (exact) mass is 619 g/mol. The number of thiophene rings is 1. The summed E-state index contributed by atoms with van der Waals surface area (Å²) in [4.78, 5) is 13.4. The van der Waals surface area contributed by atoms with Crippen molar-refractivity contribution in [3.8, 4) is 11.3 Å². The predicted octanol–water partition coefficient (Wildman–Crippen LogP) is 12.1. The number of hydrogen-bond acceptors (Lipinski definition) is 4. The Morgan fingerprint density at radius 1 is 0.574 bits per heavy atom. The highest BCUT2D eigenvalue weighted by molar-refractivity contribution is 7.26. The first-order valence-corrected chi connectivity index (χ1v) is 16.9. The second-order valence-electron chi connectivity index (χ2n) is 13.0. The predicted molar refractivity (Wildman–Crippen MR) is 200 cm³/mol. The fourth-order valence-corrected chi connectivity index (χ4v) is 9.20. The molecule has 1 aliphatic heterocycles. The Hall–Kier alpha value is -5.58. The molecule has 47 heavy (non-hydrogen) atoms. The van der Waals surface area contributed by atoms with E-state index < -0.39 is 0 Å². The standard InChI is InChI=1S/C43H29N3S/c1-43(2)32-21-11-12-22-34(32)46(40-38(43)30-19-9-8-18-29(30)36-31-20-10-13-23-35(31)47-41(36)40)42-44-33-25-24-26-14-6-7-17-28(26)37(33)39(45-42)27-15-4-3-5-16-27/h3-25H,1-2H3. The van der Waals surface area contributed by atoms with Crippen molar-refractivity contribution in [1.29, 1.82) is 0 Å². The van der Waals surface area contributed by atoms with Gasteiger partial charge in [-0.1, -0.05) is 135 Å². The number of benzene rings is 7. The molecule has 0 saturated heterocycles. The molecule has 222 valence electrons. The van der Waals surface area contributed by atoms with Crippen LogP contribution in [0.2, 0.25) is 0 Å². The Labute approximate surface area is 276 Å². The van der Waals surface area contributed by atoms with E-state index in [1.807, 2.05) is 11.3 Å². The average molecular weight is 620 g/mol. The third-order valence-electron chi connectivity index (χ3n) is 10.0. The van der Waals surface area contributed by atoms with Crippen LogP contribution in [-0.2, 0) is 5.41 Å². The van der Waals surface area contributed by atoms with Crippen molar-refractivity contribution in [3.63, 3.8) is 0 Å². The summed E-state index contributed by atoms with van der Waals surface area (Å²) in [5.74, 6) is 0.685. The Balaban J connectivity index is 1.40. The van der Waals surface area contributed by atoms with Gasteiger partial charge in [-0.25, -0.2) is 9.97 Å². The maximum Gasteiger partial charge on any atom is 0.235 e. The van der Waals surface area contributed by atoms with Crippen LogP contribution in [0.25, 0.3) is 63.9 Å². The van der Waals surface area contributed by atoms with E-state index in [-0.39, 0.29) is 5.41 Å². The van der Waals surface area contributed by atoms with E-state index in [4.69, 9.17) is 9.97 Å². The number of fused-ring (bicyclic) bond motifs is 12. The normalized spacial score (nSPS) is 13.9. The number of rotatable bonds is 2. The van der Waals surface area contributed by atoms with Gasteiger partial charge in [-0.3, -0.25) is 4.90 Å². The molecule has 1 aliphatic rings. The van der Waals surface area contributed by atoms with Crippen molar-refractivity contribution >= 4 is 81.3 Å². The minimum atomic E-state index is -0.262. The van der Waals surface area contributed by atoms with Gasteiger partial charge in [-0.05, 0) is 50.9 Å². The number of hydrogen-bond donors (Lipinski definition) is 0. The van der Waals surface area contributed by atoms with Gasteiger partial charge in [0.15, 0.2) is 0 Å². The van der Waals surface area contributed by atoms with Crippen LogP contribution in [0, 0.1) is 0 Å². The molecule has 4 heteroatoms. The molecule has 0 bridgehead atoms. The van der Waals surface area contributed by atoms with Gasteiger partial charge in [-0.15, -0.1) is 11.3 Å². The molecule has 7 aromatic carbocycles. The molecule has 3 heterocycles. The van der Waals surface area contributed by atoms with Crippen LogP contribution in [0.5, 0.6) is 0 Å². The molecule has 10 rings (SSSR count). The maximum absolute atomic E-state index is 5.55. The van der Waals surface area contributed by atoms with Gasteiger partial charge in [0.05, 0.1) is 27.3 Å². The van der Waals surface area contributed by atoms with Gasteiger partial charge in [-0.2, -0.15) is 0 Å². The maximum atomic E-state index is 5.55. The molecule has 0 spiro atoms. The topological polar surface area (TPSA) is 29.0 Å². The second-order valence-corrected chi connectivity index (χ2v) is 14.0. The van der Waals surface area contributed by atoms with Crippen molar-refractivity contribution in [2.75, 3.05) is 4.90 Å². The lowest BCUT2D eigenvalue weighted by atomic mass is 9.71. The van der Waals surface area contributed by atoms with Crippen LogP contribution in [-0.4, -0.2) is 9.97 Å². The molecule has 0 fully saturated rings. The molecule has 0 amide bonds. The number of para-hydroxylation sites is 1. The van der Waals surface area contributed by atoms with Crippen LogP contribution in [0.4, 0.5) is 17.3 Å². The Bertz CT molecular complexity index is 2720. The fraction of sp³-hybridized carbons (Fsp3) is 0.0698. The summed E-state index contributed by atoms with van der Waals surface area (Å²) in [7, 11) is 0. The molecule has 0 N–H and O–H groups in total. The van der Waals surface area contributed by atoms with Crippen LogP contribution in [0.3, 0.4) is 0 Å². The van der Waals surface area contributed by atoms with E-state index in [0.29, 0.717) is 5.95 Å². The molecular weight excluding hydrogens is 591 g/mol. The van der Waals surface area contributed by atoms with E-state index in [1.165, 1.54) is 53.1 Å². The van der Waals surface area contributed by atoms with Crippen LogP contribution in [0.15, 0.2) is 140 Å². The molecule has 0 radical (unpaired) electrons. The van der Waals surface area contributed by atoms with Crippen LogP contribution < -0.4 is 4.90 Å². The summed E-state index contributed by atoms with van der Waals surface area (Å²) in [5, 5.41) is 8.58. The van der Waals surface area contributed by atoms with Gasteiger partial charge in [0.2, 0.25) is 5.95 Å². The Morgan fingerprint density at radius 3 is 2.11 bits per heavy atom. The molecule has 0 unspecified atom stereocenters. The van der Waals surface area contributed by atoms with Gasteiger partial charge in [0, 0.05) is 31.8 Å². The third kappa shape index (κ3) is 3.67. The van der Waals surface area contributed by atoms with E-state index in [1.54, 1.807) is 0 Å². The Morgan fingerprint density at radius 2 is 1.26 bits per heavy atom. The van der Waals surface area contributed by atoms with E-state index in [9.17, 15) is 0 Å². The second kappa shape index (κ2) is 9.71. The lowest BCUT2D eigenvalue weighted by molar-refractivity contribution is 0.638. The van der Waals surface area contributed by atoms with Gasteiger partial charge in [0.1, 0.15) is 0 Å². The number of anilines is 3. The molecule has 3 nitrogen and oxygen atoms in total. The summed E-state index contributed by atoms with van der Waals surface area (Å²) in [5.41, 5.74) is 7.58. The minimum Gasteiger partial charge on any atom is -0.277 e. The van der Waals surface area contributed by atoms with Crippen LogP contribution >= 0.6 is 11.3 Å². The van der Waals surface area contributed by atoms with Crippen molar-refractivity contribution in [3.05, 3.63) is 151 Å². The first kappa shape index (κ1) is 26.6. The number of aromatic nitrogens is 2. The quantitative estimate of drug-likeness (QED) is 0.180. The summed E-state index contributed by atoms with van der Waals surface area (Å²) >= 11 is 1.87. The first-order chi connectivity index (χ1) is 23.1. The first-order valence-electron chi connectivity index (χ1n) is 16.1. The lowest BCUT2D eigenvalue weighted by Crippen LogP contribution is -2.31.